The number of carbonyl (C=O) groups is 3. The summed E-state index contributed by atoms with van der Waals surface area (Å²) in [5.41, 5.74) is 14.1. The molecule has 0 saturated carbocycles. The molecule has 0 bridgehead atoms. The van der Waals surface area contributed by atoms with E-state index in [4.69, 9.17) is 15.0 Å². The van der Waals surface area contributed by atoms with Crippen LogP contribution >= 0.6 is 0 Å². The molecule has 10 heteroatoms. The number of nitrogens with zero attached hydrogens (tertiary/aromatic N) is 4. The highest BCUT2D eigenvalue weighted by atomic mass is 16.6. The fourth-order valence-electron chi connectivity index (χ4n) is 5.59. The first-order valence-corrected chi connectivity index (χ1v) is 13.7. The van der Waals surface area contributed by atoms with Gasteiger partial charge in [-0.1, -0.05) is 84.0 Å². The Bertz CT molecular complexity index is 1410. The van der Waals surface area contributed by atoms with Crippen LogP contribution in [0.25, 0.3) is 21.6 Å². The van der Waals surface area contributed by atoms with Gasteiger partial charge in [0.1, 0.15) is 13.2 Å². The van der Waals surface area contributed by atoms with E-state index >= 15 is 0 Å². The Morgan fingerprint density at radius 2 is 1.68 bits per heavy atom. The van der Waals surface area contributed by atoms with Gasteiger partial charge in [0.15, 0.2) is 0 Å². The van der Waals surface area contributed by atoms with Crippen molar-refractivity contribution in [1.82, 2.24) is 10.2 Å². The molecule has 41 heavy (non-hydrogen) atoms. The lowest BCUT2D eigenvalue weighted by molar-refractivity contribution is -0.133. The number of imide groups is 1. The highest BCUT2D eigenvalue weighted by Crippen LogP contribution is 2.44. The number of hydrogen-bond donors (Lipinski definition) is 1. The average molecular weight is 554 g/mol. The van der Waals surface area contributed by atoms with Gasteiger partial charge >= 0.3 is 12.2 Å². The van der Waals surface area contributed by atoms with Crippen LogP contribution < -0.4 is 5.32 Å². The molecule has 5 rings (SSSR count). The number of azide groups is 1. The van der Waals surface area contributed by atoms with E-state index in [9.17, 15) is 14.4 Å². The van der Waals surface area contributed by atoms with Crippen molar-refractivity contribution >= 4 is 18.1 Å². The normalized spacial score (nSPS) is 16.2. The minimum absolute atomic E-state index is 0.0341. The summed E-state index contributed by atoms with van der Waals surface area (Å²) >= 11 is 0. The molecule has 0 aromatic heterocycles. The smallest absolute Gasteiger partial charge is 0.416 e. The molecule has 0 unspecified atom stereocenters. The van der Waals surface area contributed by atoms with E-state index in [1.165, 1.54) is 0 Å². The lowest BCUT2D eigenvalue weighted by Crippen LogP contribution is -2.46. The Hall–Kier alpha value is -4.82. The third-order valence-electron chi connectivity index (χ3n) is 7.57. The van der Waals surface area contributed by atoms with Crippen molar-refractivity contribution in [2.24, 2.45) is 11.0 Å². The molecule has 3 aromatic carbocycles. The topological polar surface area (TPSA) is 134 Å². The van der Waals surface area contributed by atoms with Crippen LogP contribution in [0.2, 0.25) is 0 Å². The number of rotatable bonds is 11. The summed E-state index contributed by atoms with van der Waals surface area (Å²) in [5.74, 6) is -1.26. The molecular weight excluding hydrogens is 522 g/mol. The summed E-state index contributed by atoms with van der Waals surface area (Å²) in [7, 11) is 0. The lowest BCUT2D eigenvalue weighted by atomic mass is 9.98. The summed E-state index contributed by atoms with van der Waals surface area (Å²) in [6.07, 6.45) is -0.159. The first kappa shape index (κ1) is 27.7. The first-order valence-electron chi connectivity index (χ1n) is 13.7. The minimum atomic E-state index is -0.728. The molecule has 1 N–H and O–H groups in total. The molecule has 3 aromatic rings. The Morgan fingerprint density at radius 3 is 2.37 bits per heavy atom. The van der Waals surface area contributed by atoms with E-state index in [-0.39, 0.29) is 32.2 Å². The second-order valence-electron chi connectivity index (χ2n) is 10.1. The number of nitrogens with one attached hydrogen (secondary N) is 1. The van der Waals surface area contributed by atoms with Crippen LogP contribution in [0, 0.1) is 5.92 Å². The van der Waals surface area contributed by atoms with E-state index in [0.717, 1.165) is 32.7 Å². The highest BCUT2D eigenvalue weighted by molar-refractivity contribution is 5.95. The largest absolute Gasteiger partial charge is 0.449 e. The Labute approximate surface area is 237 Å². The van der Waals surface area contributed by atoms with Crippen LogP contribution in [-0.2, 0) is 20.7 Å². The van der Waals surface area contributed by atoms with E-state index in [1.54, 1.807) is 0 Å². The number of amides is 3. The van der Waals surface area contributed by atoms with Crippen molar-refractivity contribution in [3.05, 3.63) is 106 Å². The summed E-state index contributed by atoms with van der Waals surface area (Å²) in [4.78, 5) is 42.9. The summed E-state index contributed by atoms with van der Waals surface area (Å²) in [6, 6.07) is 25.2. The molecule has 0 spiro atoms. The maximum atomic E-state index is 13.6. The maximum Gasteiger partial charge on any atom is 0.416 e. The van der Waals surface area contributed by atoms with E-state index in [1.807, 2.05) is 66.7 Å². The molecular formula is C31H31N5O5. The molecule has 1 fully saturated rings. The zero-order valence-corrected chi connectivity index (χ0v) is 22.5. The van der Waals surface area contributed by atoms with Crippen LogP contribution in [0.3, 0.4) is 0 Å². The van der Waals surface area contributed by atoms with E-state index < -0.39 is 30.1 Å². The van der Waals surface area contributed by atoms with Gasteiger partial charge < -0.3 is 14.8 Å². The first-order chi connectivity index (χ1) is 20.1. The minimum Gasteiger partial charge on any atom is -0.449 e. The Kier molecular flexibility index (Phi) is 8.81. The standard InChI is InChI=1S/C31H31N5O5/c32-35-34-16-8-11-22(29(37)36-23(19-41-31(36)39)17-21-9-2-1-3-10-21)18-33-30(38)40-20-28-26-14-6-4-12-24(26)25-13-5-7-15-27(25)28/h1-7,9-10,12-15,22-23,28H,8,11,16-20H2,(H,33,38)/t22-,23+/m0/s1. The SMILES string of the molecule is [N-]=[N+]=NCCC[C@@H](CNC(=O)OCC1c2ccccc2-c2ccccc21)C(=O)N1C(=O)OC[C@H]1Cc1ccccc1. The predicted molar refractivity (Wildman–Crippen MR) is 152 cm³/mol. The molecule has 2 atom stereocenters. The molecule has 3 amide bonds. The number of ether oxygens (including phenoxy) is 2. The quantitative estimate of drug-likeness (QED) is 0.138. The fourth-order valence-corrected chi connectivity index (χ4v) is 5.59. The van der Waals surface area contributed by atoms with E-state index in [2.05, 4.69) is 27.5 Å². The number of fused-ring (bicyclic) bond motifs is 3. The van der Waals surface area contributed by atoms with Crippen molar-refractivity contribution in [3.8, 4) is 11.1 Å². The van der Waals surface area contributed by atoms with Gasteiger partial charge in [-0.05, 0) is 52.6 Å². The molecule has 210 valence electrons. The molecule has 0 radical (unpaired) electrons. The van der Waals surface area contributed by atoms with Crippen molar-refractivity contribution in [1.29, 1.82) is 0 Å². The molecule has 1 saturated heterocycles. The predicted octanol–water partition coefficient (Wildman–Crippen LogP) is 5.82. The zero-order chi connectivity index (χ0) is 28.6. The second kappa shape index (κ2) is 13.0. The Balaban J connectivity index is 1.23. The van der Waals surface area contributed by atoms with E-state index in [0.29, 0.717) is 19.3 Å². The zero-order valence-electron chi connectivity index (χ0n) is 22.5. The number of hydrogen-bond acceptors (Lipinski definition) is 6. The highest BCUT2D eigenvalue weighted by Gasteiger charge is 2.40. The third kappa shape index (κ3) is 6.34. The van der Waals surface area contributed by atoms with Gasteiger partial charge in [0.2, 0.25) is 5.91 Å². The van der Waals surface area contributed by atoms with Crippen molar-refractivity contribution in [2.75, 3.05) is 26.3 Å². The monoisotopic (exact) mass is 553 g/mol. The van der Waals surface area contributed by atoms with Gasteiger partial charge in [-0.25, -0.2) is 14.5 Å². The number of alkyl carbamates (subject to hydrolysis) is 1. The molecule has 10 nitrogen and oxygen atoms in total. The number of carbonyl (C=O) groups excluding carboxylic acids is 3. The van der Waals surface area contributed by atoms with Crippen molar-refractivity contribution < 1.29 is 23.9 Å². The Morgan fingerprint density at radius 1 is 1.02 bits per heavy atom. The van der Waals surface area contributed by atoms with Gasteiger partial charge in [0.25, 0.3) is 0 Å². The number of cyclic esters (lactones) is 1. The average Bonchev–Trinajstić information content (AvgIpc) is 3.52. The number of benzene rings is 3. The maximum absolute atomic E-state index is 13.6. The van der Waals surface area contributed by atoms with Gasteiger partial charge in [-0.15, -0.1) is 0 Å². The summed E-state index contributed by atoms with van der Waals surface area (Å²) in [5, 5.41) is 6.26. The second-order valence-corrected chi connectivity index (χ2v) is 10.1. The summed E-state index contributed by atoms with van der Waals surface area (Å²) in [6.45, 7) is 0.411. The summed E-state index contributed by atoms with van der Waals surface area (Å²) < 4.78 is 10.9. The van der Waals surface area contributed by atoms with Crippen LogP contribution in [0.1, 0.15) is 35.4 Å². The van der Waals surface area contributed by atoms with Crippen LogP contribution in [0.5, 0.6) is 0 Å². The molecule has 2 aliphatic rings. The molecule has 1 aliphatic heterocycles. The molecule has 1 aliphatic carbocycles. The van der Waals surface area contributed by atoms with Crippen LogP contribution in [0.15, 0.2) is 84.0 Å². The van der Waals surface area contributed by atoms with Gasteiger partial charge in [-0.3, -0.25) is 4.79 Å². The van der Waals surface area contributed by atoms with Crippen molar-refractivity contribution in [2.45, 2.75) is 31.2 Å². The van der Waals surface area contributed by atoms with Crippen LogP contribution in [-0.4, -0.2) is 55.3 Å². The van der Waals surface area contributed by atoms with Gasteiger partial charge in [-0.2, -0.15) is 0 Å². The molecule has 1 heterocycles. The van der Waals surface area contributed by atoms with Crippen molar-refractivity contribution in [3.63, 3.8) is 0 Å². The third-order valence-corrected chi connectivity index (χ3v) is 7.57. The van der Waals surface area contributed by atoms with Gasteiger partial charge in [0, 0.05) is 23.9 Å². The lowest BCUT2D eigenvalue weighted by Gasteiger charge is -2.25. The van der Waals surface area contributed by atoms with Gasteiger partial charge in [0.05, 0.1) is 12.0 Å². The fraction of sp³-hybridized carbons (Fsp3) is 0.323. The van der Waals surface area contributed by atoms with Crippen LogP contribution in [0.4, 0.5) is 9.59 Å².